The summed E-state index contributed by atoms with van der Waals surface area (Å²) in [6.45, 7) is 9.40. The molecule has 0 aliphatic heterocycles. The Balaban J connectivity index is 0.000000166. The average molecular weight is 1450 g/mol. The van der Waals surface area contributed by atoms with Gasteiger partial charge in [-0.3, -0.25) is 4.79 Å². The number of aromatic nitrogens is 2. The van der Waals surface area contributed by atoms with Crippen molar-refractivity contribution in [2.75, 3.05) is 9.80 Å². The van der Waals surface area contributed by atoms with E-state index in [0.717, 1.165) is 90.5 Å². The number of anilines is 6. The fourth-order valence-corrected chi connectivity index (χ4v) is 17.3. The number of rotatable bonds is 14. The number of fused-ring (bicyclic) bond motifs is 12. The van der Waals surface area contributed by atoms with Crippen LogP contribution in [-0.4, -0.2) is 28.9 Å². The second kappa shape index (κ2) is 29.7. The van der Waals surface area contributed by atoms with Crippen LogP contribution in [0.4, 0.5) is 34.1 Å². The van der Waals surface area contributed by atoms with Crippen molar-refractivity contribution in [3.63, 3.8) is 0 Å². The molecule has 0 atom stereocenters. The summed E-state index contributed by atoms with van der Waals surface area (Å²) in [6.07, 6.45) is 0.889. The van der Waals surface area contributed by atoms with Gasteiger partial charge in [-0.25, -0.2) is 0 Å². The number of carbonyl (C=O) groups is 1. The molecule has 20 rings (SSSR count). The van der Waals surface area contributed by atoms with E-state index in [1.807, 2.05) is 36.4 Å². The van der Waals surface area contributed by atoms with Crippen molar-refractivity contribution in [3.05, 3.63) is 409 Å². The molecule has 18 aromatic rings. The second-order valence-corrected chi connectivity index (χ2v) is 30.1. The van der Waals surface area contributed by atoms with Crippen LogP contribution in [0.3, 0.4) is 0 Å². The number of aliphatic hydroxyl groups is 1. The molecule has 0 bridgehead atoms. The Kier molecular flexibility index (Phi) is 19.1. The van der Waals surface area contributed by atoms with Crippen LogP contribution in [0.25, 0.3) is 122 Å². The molecule has 0 saturated carbocycles. The molecule has 1 N–H and O–H groups in total. The van der Waals surface area contributed by atoms with E-state index in [-0.39, 0.29) is 56.8 Å². The standard InChI is InChI=1S/C52H40N2O.C52H38N2O.B.Na.H/c2*1-52(2)48-14-8-6-12-44(48)45-30-29-43(33-49(45)52)53(40-25-18-37(19-26-40)36-10-4-3-5-11-36)41-27-20-38(21-28-41)39-22-31-51-47(32-39)46-13-7-9-15-50(46)54(51)42-23-16-35(34-55)17-24-42;;;/h3-33,55H,34H2,1-2H3;3-34H,1-2H3;;;/q;;;+1;-1. The number of aldehydes is 1. The Hall–Kier alpha value is -12.6. The first-order valence-electron chi connectivity index (χ1n) is 37.9. The SMILES string of the molecule is CC1(C)c2ccccc2-c2ccc(N(c3ccc(-c4ccccc4)cc3)c3ccc(-c4ccc5c(c4)c4ccccc4n5-c4ccc(C=O)cc4)cc3)cc21.CC1(C)c2ccccc2-c2ccc(N(c3ccc(-c4ccccc4)cc3)c3ccc(-c4ccc5c(c4)c4ccccc4n5-c4ccc(CO)cc4)cc3)cc21.[B].[H-].[Na+]. The van der Waals surface area contributed by atoms with Gasteiger partial charge in [0.05, 0.1) is 28.7 Å². The molecule has 8 heteroatoms. The van der Waals surface area contributed by atoms with Gasteiger partial charge in [0.1, 0.15) is 6.29 Å². The van der Waals surface area contributed by atoms with E-state index in [4.69, 9.17) is 0 Å². The second-order valence-electron chi connectivity index (χ2n) is 30.1. The van der Waals surface area contributed by atoms with Gasteiger partial charge < -0.3 is 25.5 Å². The number of aliphatic hydroxyl groups excluding tert-OH is 1. The zero-order valence-electron chi connectivity index (χ0n) is 64.3. The van der Waals surface area contributed by atoms with Gasteiger partial charge in [0.25, 0.3) is 0 Å². The van der Waals surface area contributed by atoms with Gasteiger partial charge in [-0.1, -0.05) is 258 Å². The summed E-state index contributed by atoms with van der Waals surface area (Å²) in [7, 11) is 0. The molecule has 0 unspecified atom stereocenters. The van der Waals surface area contributed by atoms with E-state index in [1.165, 1.54) is 99.4 Å². The first-order chi connectivity index (χ1) is 53.9. The minimum absolute atomic E-state index is 0. The summed E-state index contributed by atoms with van der Waals surface area (Å²) < 4.78 is 4.60. The van der Waals surface area contributed by atoms with Crippen molar-refractivity contribution in [1.82, 2.24) is 9.13 Å². The monoisotopic (exact) mass is 1450 g/mol. The normalized spacial score (nSPS) is 12.6. The van der Waals surface area contributed by atoms with Crippen molar-refractivity contribution in [1.29, 1.82) is 0 Å². The largest absolute Gasteiger partial charge is 1.00 e. The molecule has 6 nitrogen and oxygen atoms in total. The predicted octanol–water partition coefficient (Wildman–Crippen LogP) is 23.8. The Morgan fingerprint density at radius 1 is 0.295 bits per heavy atom. The Morgan fingerprint density at radius 3 is 0.982 bits per heavy atom. The number of carbonyl (C=O) groups excluding carboxylic acids is 1. The van der Waals surface area contributed by atoms with Crippen LogP contribution in [-0.2, 0) is 17.4 Å². The van der Waals surface area contributed by atoms with E-state index in [9.17, 15) is 9.90 Å². The summed E-state index contributed by atoms with van der Waals surface area (Å²) in [6, 6.07) is 135. The van der Waals surface area contributed by atoms with E-state index in [0.29, 0.717) is 5.56 Å². The van der Waals surface area contributed by atoms with Gasteiger partial charge in [-0.2, -0.15) is 0 Å². The average Bonchev–Trinajstić information content (AvgIpc) is 1.61. The molecular weight excluding hydrogens is 1370 g/mol. The first kappa shape index (κ1) is 72.3. The summed E-state index contributed by atoms with van der Waals surface area (Å²) in [5.74, 6) is 0. The fourth-order valence-electron chi connectivity index (χ4n) is 17.3. The Bertz CT molecular complexity index is 6560. The molecule has 0 saturated heterocycles. The van der Waals surface area contributed by atoms with E-state index in [1.54, 1.807) is 0 Å². The van der Waals surface area contributed by atoms with Crippen LogP contribution in [0.15, 0.2) is 376 Å². The molecule has 2 aromatic heterocycles. The molecule has 2 aliphatic rings. The molecule has 112 heavy (non-hydrogen) atoms. The molecule has 0 spiro atoms. The smallest absolute Gasteiger partial charge is 1.00 e. The van der Waals surface area contributed by atoms with Crippen LogP contribution in [0.2, 0.25) is 0 Å². The van der Waals surface area contributed by atoms with Crippen LogP contribution < -0.4 is 39.4 Å². The van der Waals surface area contributed by atoms with E-state index < -0.39 is 0 Å². The minimum Gasteiger partial charge on any atom is -1.00 e. The molecule has 16 aromatic carbocycles. The Morgan fingerprint density at radius 2 is 0.598 bits per heavy atom. The van der Waals surface area contributed by atoms with Crippen molar-refractivity contribution in [2.24, 2.45) is 0 Å². The summed E-state index contributed by atoms with van der Waals surface area (Å²) >= 11 is 0. The summed E-state index contributed by atoms with van der Waals surface area (Å²) in [5.41, 5.74) is 35.0. The number of hydrogen-bond donors (Lipinski definition) is 1. The van der Waals surface area contributed by atoms with Crippen LogP contribution in [0, 0.1) is 0 Å². The fraction of sp³-hybridized carbons (Fsp3) is 0.0673. The van der Waals surface area contributed by atoms with Gasteiger partial charge in [-0.05, 0) is 240 Å². The van der Waals surface area contributed by atoms with Crippen LogP contribution in [0.5, 0.6) is 0 Å². The minimum atomic E-state index is -0.102. The van der Waals surface area contributed by atoms with E-state index in [2.05, 4.69) is 386 Å². The maximum Gasteiger partial charge on any atom is 1.00 e. The predicted molar refractivity (Wildman–Crippen MR) is 466 cm³/mol. The molecule has 0 fully saturated rings. The third-order valence-electron chi connectivity index (χ3n) is 23.0. The van der Waals surface area contributed by atoms with Gasteiger partial charge in [-0.15, -0.1) is 0 Å². The maximum atomic E-state index is 11.4. The number of nitrogens with zero attached hydrogens (tertiary/aromatic N) is 4. The third-order valence-corrected chi connectivity index (χ3v) is 23.0. The molecule has 2 heterocycles. The van der Waals surface area contributed by atoms with Crippen molar-refractivity contribution < 1.29 is 40.9 Å². The van der Waals surface area contributed by atoms with Crippen molar-refractivity contribution in [3.8, 4) is 78.1 Å². The first-order valence-corrected chi connectivity index (χ1v) is 37.9. The van der Waals surface area contributed by atoms with Gasteiger partial charge in [0.2, 0.25) is 0 Å². The zero-order valence-corrected chi connectivity index (χ0v) is 65.3. The number of benzene rings is 16. The quantitative estimate of drug-likeness (QED) is 0.0871. The number of hydrogen-bond acceptors (Lipinski definition) is 4. The van der Waals surface area contributed by atoms with Gasteiger partial charge in [0.15, 0.2) is 0 Å². The van der Waals surface area contributed by atoms with Crippen LogP contribution in [0.1, 0.15) is 67.3 Å². The molecule has 531 valence electrons. The third kappa shape index (κ3) is 12.7. The van der Waals surface area contributed by atoms with Gasteiger partial charge in [0, 0.05) is 91.9 Å². The molecule has 3 radical (unpaired) electrons. The molecule has 0 amide bonds. The topological polar surface area (TPSA) is 53.6 Å². The molecular formula is C104H79BN4NaO2. The van der Waals surface area contributed by atoms with Gasteiger partial charge >= 0.3 is 29.6 Å². The maximum absolute atomic E-state index is 11.4. The zero-order chi connectivity index (χ0) is 74.2. The van der Waals surface area contributed by atoms with E-state index >= 15 is 0 Å². The number of para-hydroxylation sites is 2. The van der Waals surface area contributed by atoms with Crippen molar-refractivity contribution in [2.45, 2.75) is 45.1 Å². The Labute approximate surface area is 679 Å². The van der Waals surface area contributed by atoms with Crippen LogP contribution >= 0.6 is 0 Å². The van der Waals surface area contributed by atoms with Crippen molar-refractivity contribution >= 4 is 92.4 Å². The molecule has 2 aliphatic carbocycles. The summed E-state index contributed by atoms with van der Waals surface area (Å²) in [5, 5.41) is 14.4. The summed E-state index contributed by atoms with van der Waals surface area (Å²) in [4.78, 5) is 16.1.